The molecule has 16 heavy (non-hydrogen) atoms. The van der Waals surface area contributed by atoms with Crippen LogP contribution in [0.3, 0.4) is 0 Å². The van der Waals surface area contributed by atoms with E-state index in [9.17, 15) is 4.79 Å². The molecule has 82 valence electrons. The normalized spacial score (nSPS) is 14.6. The molecule has 3 heteroatoms. The minimum absolute atomic E-state index is 0.0132. The van der Waals surface area contributed by atoms with Crippen LogP contribution >= 0.6 is 0 Å². The molecule has 0 bridgehead atoms. The maximum atomic E-state index is 11.5. The Bertz CT molecular complexity index is 413. The van der Waals surface area contributed by atoms with Crippen molar-refractivity contribution in [2.24, 2.45) is 0 Å². The summed E-state index contributed by atoms with van der Waals surface area (Å²) in [6.07, 6.45) is 4.96. The van der Waals surface area contributed by atoms with E-state index in [-0.39, 0.29) is 5.78 Å². The van der Waals surface area contributed by atoms with Gasteiger partial charge in [-0.25, -0.2) is 0 Å². The average Bonchev–Trinajstić information content (AvgIpc) is 2.81. The van der Waals surface area contributed by atoms with Gasteiger partial charge >= 0.3 is 0 Å². The Morgan fingerprint density at radius 1 is 1.12 bits per heavy atom. The van der Waals surface area contributed by atoms with Crippen molar-refractivity contribution < 1.29 is 4.79 Å². The summed E-state index contributed by atoms with van der Waals surface area (Å²) in [6, 6.07) is 9.77. The first-order valence-corrected chi connectivity index (χ1v) is 5.31. The van der Waals surface area contributed by atoms with Crippen LogP contribution in [0.25, 0.3) is 6.08 Å². The minimum atomic E-state index is -0.0132. The number of carbonyl (C=O) groups is 1. The van der Waals surface area contributed by atoms with E-state index in [1.165, 1.54) is 0 Å². The fraction of sp³-hybridized carbons (Fsp3) is 0.154. The molecule has 1 aliphatic heterocycles. The van der Waals surface area contributed by atoms with Crippen LogP contribution in [0.5, 0.6) is 0 Å². The average molecular weight is 214 g/mol. The Balaban J connectivity index is 1.97. The number of nitrogens with one attached hydrogen (secondary N) is 2. The lowest BCUT2D eigenvalue weighted by Gasteiger charge is -1.96. The third-order valence-corrected chi connectivity index (χ3v) is 2.28. The number of ketones is 1. The van der Waals surface area contributed by atoms with Gasteiger partial charge in [-0.1, -0.05) is 36.4 Å². The highest BCUT2D eigenvalue weighted by atomic mass is 16.1. The van der Waals surface area contributed by atoms with Crippen molar-refractivity contribution in [3.8, 4) is 0 Å². The van der Waals surface area contributed by atoms with Crippen LogP contribution in [0.1, 0.15) is 5.56 Å². The number of hydrogen-bond acceptors (Lipinski definition) is 3. The molecule has 1 aromatic carbocycles. The molecule has 3 nitrogen and oxygen atoms in total. The molecule has 0 saturated carbocycles. The van der Waals surface area contributed by atoms with E-state index in [1.54, 1.807) is 12.2 Å². The van der Waals surface area contributed by atoms with Crippen LogP contribution in [0, 0.1) is 0 Å². The van der Waals surface area contributed by atoms with E-state index in [2.05, 4.69) is 10.6 Å². The van der Waals surface area contributed by atoms with E-state index < -0.39 is 0 Å². The van der Waals surface area contributed by atoms with Gasteiger partial charge in [-0.05, 0) is 11.6 Å². The number of hydrogen-bond donors (Lipinski definition) is 2. The van der Waals surface area contributed by atoms with Gasteiger partial charge < -0.3 is 10.6 Å². The molecule has 0 amide bonds. The maximum Gasteiger partial charge on any atom is 0.182 e. The van der Waals surface area contributed by atoms with Gasteiger partial charge in [0.1, 0.15) is 5.82 Å². The van der Waals surface area contributed by atoms with Crippen LogP contribution in [-0.2, 0) is 4.79 Å². The van der Waals surface area contributed by atoms with Crippen molar-refractivity contribution in [1.29, 1.82) is 0 Å². The molecule has 1 aliphatic rings. The summed E-state index contributed by atoms with van der Waals surface area (Å²) in [5, 5.41) is 6.16. The third-order valence-electron chi connectivity index (χ3n) is 2.28. The highest BCUT2D eigenvalue weighted by molar-refractivity contribution is 6.02. The Kier molecular flexibility index (Phi) is 3.38. The molecule has 0 radical (unpaired) electrons. The second-order valence-electron chi connectivity index (χ2n) is 3.56. The molecule has 2 N–H and O–H groups in total. The zero-order chi connectivity index (χ0) is 11.2. The molecule has 1 aromatic rings. The SMILES string of the molecule is O=C(C=Cc1ccccc1)C=C1NCCN1. The molecule has 0 aromatic heterocycles. The van der Waals surface area contributed by atoms with Crippen molar-refractivity contribution in [2.45, 2.75) is 0 Å². The third kappa shape index (κ3) is 2.98. The second kappa shape index (κ2) is 5.16. The first-order valence-electron chi connectivity index (χ1n) is 5.31. The standard InChI is InChI=1S/C13H14N2O/c16-12(10-13-14-8-9-15-13)7-6-11-4-2-1-3-5-11/h1-7,10,14-15H,8-9H2. The van der Waals surface area contributed by atoms with Gasteiger partial charge in [-0.3, -0.25) is 4.79 Å². The molecule has 0 aliphatic carbocycles. The summed E-state index contributed by atoms with van der Waals surface area (Å²) in [7, 11) is 0. The van der Waals surface area contributed by atoms with E-state index in [0.717, 1.165) is 24.5 Å². The Morgan fingerprint density at radius 2 is 1.81 bits per heavy atom. The molecular formula is C13H14N2O. The molecule has 0 atom stereocenters. The Morgan fingerprint density at radius 3 is 2.50 bits per heavy atom. The highest BCUT2D eigenvalue weighted by Gasteiger charge is 2.03. The predicted molar refractivity (Wildman–Crippen MR) is 64.6 cm³/mol. The van der Waals surface area contributed by atoms with Crippen molar-refractivity contribution in [3.63, 3.8) is 0 Å². The Hall–Kier alpha value is -2.03. The second-order valence-corrected chi connectivity index (χ2v) is 3.56. The summed E-state index contributed by atoms with van der Waals surface area (Å²) in [5.41, 5.74) is 1.03. The largest absolute Gasteiger partial charge is 0.370 e. The van der Waals surface area contributed by atoms with Crippen LogP contribution in [0.4, 0.5) is 0 Å². The van der Waals surface area contributed by atoms with Gasteiger partial charge in [0.15, 0.2) is 5.78 Å². The van der Waals surface area contributed by atoms with Crippen molar-refractivity contribution >= 4 is 11.9 Å². The monoisotopic (exact) mass is 214 g/mol. The van der Waals surface area contributed by atoms with Gasteiger partial charge in [-0.15, -0.1) is 0 Å². The van der Waals surface area contributed by atoms with E-state index in [1.807, 2.05) is 36.4 Å². The molecule has 1 heterocycles. The number of benzene rings is 1. The topological polar surface area (TPSA) is 41.1 Å². The molecular weight excluding hydrogens is 200 g/mol. The van der Waals surface area contributed by atoms with Gasteiger partial charge in [-0.2, -0.15) is 0 Å². The fourth-order valence-electron chi connectivity index (χ4n) is 1.49. The van der Waals surface area contributed by atoms with Crippen molar-refractivity contribution in [3.05, 3.63) is 53.9 Å². The van der Waals surface area contributed by atoms with E-state index >= 15 is 0 Å². The first-order chi connectivity index (χ1) is 7.84. The van der Waals surface area contributed by atoms with Crippen molar-refractivity contribution in [2.75, 3.05) is 13.1 Å². The molecule has 2 rings (SSSR count). The molecule has 0 spiro atoms. The summed E-state index contributed by atoms with van der Waals surface area (Å²) < 4.78 is 0. The summed E-state index contributed by atoms with van der Waals surface area (Å²) in [6.45, 7) is 1.75. The van der Waals surface area contributed by atoms with Gasteiger partial charge in [0.25, 0.3) is 0 Å². The highest BCUT2D eigenvalue weighted by Crippen LogP contribution is 2.01. The van der Waals surface area contributed by atoms with Crippen LogP contribution < -0.4 is 10.6 Å². The number of allylic oxidation sites excluding steroid dienone is 2. The number of rotatable bonds is 3. The summed E-state index contributed by atoms with van der Waals surface area (Å²) in [5.74, 6) is 0.795. The Labute approximate surface area is 94.9 Å². The minimum Gasteiger partial charge on any atom is -0.370 e. The lowest BCUT2D eigenvalue weighted by molar-refractivity contribution is -0.110. The van der Waals surface area contributed by atoms with E-state index in [4.69, 9.17) is 0 Å². The first kappa shape index (κ1) is 10.5. The zero-order valence-corrected chi connectivity index (χ0v) is 8.94. The summed E-state index contributed by atoms with van der Waals surface area (Å²) in [4.78, 5) is 11.5. The molecule has 1 saturated heterocycles. The predicted octanol–water partition coefficient (Wildman–Crippen LogP) is 1.30. The maximum absolute atomic E-state index is 11.5. The smallest absolute Gasteiger partial charge is 0.182 e. The van der Waals surface area contributed by atoms with E-state index in [0.29, 0.717) is 0 Å². The van der Waals surface area contributed by atoms with Gasteiger partial charge in [0.05, 0.1) is 0 Å². The van der Waals surface area contributed by atoms with Crippen LogP contribution in [-0.4, -0.2) is 18.9 Å². The molecule has 1 fully saturated rings. The van der Waals surface area contributed by atoms with Crippen molar-refractivity contribution in [1.82, 2.24) is 10.6 Å². The quantitative estimate of drug-likeness (QED) is 0.745. The van der Waals surface area contributed by atoms with Gasteiger partial charge in [0.2, 0.25) is 0 Å². The van der Waals surface area contributed by atoms with Crippen LogP contribution in [0.2, 0.25) is 0 Å². The number of carbonyl (C=O) groups excluding carboxylic acids is 1. The fourth-order valence-corrected chi connectivity index (χ4v) is 1.49. The summed E-state index contributed by atoms with van der Waals surface area (Å²) >= 11 is 0. The lowest BCUT2D eigenvalue weighted by atomic mass is 10.2. The molecule has 0 unspecified atom stereocenters. The van der Waals surface area contributed by atoms with Gasteiger partial charge in [0, 0.05) is 19.2 Å². The zero-order valence-electron chi connectivity index (χ0n) is 8.94. The lowest BCUT2D eigenvalue weighted by Crippen LogP contribution is -2.11. The van der Waals surface area contributed by atoms with Crippen LogP contribution in [0.15, 0.2) is 48.3 Å².